The summed E-state index contributed by atoms with van der Waals surface area (Å²) in [4.78, 5) is 28.0. The van der Waals surface area contributed by atoms with Gasteiger partial charge in [0, 0.05) is 42.2 Å². The van der Waals surface area contributed by atoms with Crippen LogP contribution >= 0.6 is 0 Å². The molecule has 0 spiro atoms. The van der Waals surface area contributed by atoms with Crippen LogP contribution in [-0.2, 0) is 17.9 Å². The van der Waals surface area contributed by atoms with Crippen molar-refractivity contribution >= 4 is 11.8 Å². The zero-order valence-electron chi connectivity index (χ0n) is 18.7. The Labute approximate surface area is 198 Å². The third-order valence-electron chi connectivity index (χ3n) is 4.99. The number of nitrogens with one attached hydrogen (secondary N) is 3. The number of amides is 2. The maximum Gasteiger partial charge on any atom is 0.268 e. The lowest BCUT2D eigenvalue weighted by molar-refractivity contribution is -0.133. The van der Waals surface area contributed by atoms with Gasteiger partial charge < -0.3 is 15.7 Å². The molecule has 34 heavy (non-hydrogen) atoms. The summed E-state index contributed by atoms with van der Waals surface area (Å²) in [6, 6.07) is 17.2. The molecule has 0 saturated heterocycles. The fraction of sp³-hybridized carbons (Fsp3) is 0.192. The molecule has 0 fully saturated rings. The fourth-order valence-electron chi connectivity index (χ4n) is 3.11. The molecule has 1 heterocycles. The number of benzene rings is 2. The molecule has 174 valence electrons. The SMILES string of the molecule is C[C@@H](O)[C@H](NC(=O)c1ccc(C#Cc2ccc(CNCc3cccnc3)cc2)cc1)C(=O)NO. The number of carbonyl (C=O) groups is 2. The number of hydrogen-bond acceptors (Lipinski definition) is 6. The van der Waals surface area contributed by atoms with E-state index in [0.717, 1.165) is 35.3 Å². The first-order chi connectivity index (χ1) is 16.5. The Kier molecular flexibility index (Phi) is 8.88. The molecule has 1 aromatic heterocycles. The second-order valence-electron chi connectivity index (χ2n) is 7.66. The van der Waals surface area contributed by atoms with Gasteiger partial charge in [0.25, 0.3) is 11.8 Å². The number of aliphatic hydroxyl groups is 1. The summed E-state index contributed by atoms with van der Waals surface area (Å²) >= 11 is 0. The molecule has 5 N–H and O–H groups in total. The number of rotatable bonds is 8. The maximum atomic E-state index is 12.3. The highest BCUT2D eigenvalue weighted by atomic mass is 16.5. The second kappa shape index (κ2) is 12.3. The van der Waals surface area contributed by atoms with Gasteiger partial charge >= 0.3 is 0 Å². The molecule has 0 aliphatic heterocycles. The van der Waals surface area contributed by atoms with Crippen molar-refractivity contribution in [3.05, 3.63) is 101 Å². The number of aliphatic hydroxyl groups excluding tert-OH is 1. The molecular formula is C26H26N4O4. The minimum Gasteiger partial charge on any atom is -0.391 e. The molecule has 0 bridgehead atoms. The third kappa shape index (κ3) is 7.25. The average Bonchev–Trinajstić information content (AvgIpc) is 2.87. The van der Waals surface area contributed by atoms with Crippen LogP contribution in [0.5, 0.6) is 0 Å². The van der Waals surface area contributed by atoms with Crippen molar-refractivity contribution in [2.24, 2.45) is 0 Å². The first-order valence-corrected chi connectivity index (χ1v) is 10.7. The molecule has 3 aromatic rings. The number of hydroxylamine groups is 1. The molecule has 0 radical (unpaired) electrons. The van der Waals surface area contributed by atoms with E-state index in [1.165, 1.54) is 12.4 Å². The maximum absolute atomic E-state index is 12.3. The van der Waals surface area contributed by atoms with Crippen LogP contribution in [0.2, 0.25) is 0 Å². The van der Waals surface area contributed by atoms with Crippen molar-refractivity contribution in [3.63, 3.8) is 0 Å². The quantitative estimate of drug-likeness (QED) is 0.199. The van der Waals surface area contributed by atoms with Crippen LogP contribution in [0.15, 0.2) is 73.1 Å². The summed E-state index contributed by atoms with van der Waals surface area (Å²) in [5.41, 5.74) is 5.59. The Hall–Kier alpha value is -4.03. The minimum atomic E-state index is -1.27. The number of pyridine rings is 1. The first-order valence-electron chi connectivity index (χ1n) is 10.7. The lowest BCUT2D eigenvalue weighted by Gasteiger charge is -2.19. The molecule has 0 unspecified atom stereocenters. The van der Waals surface area contributed by atoms with Gasteiger partial charge in [-0.3, -0.25) is 19.8 Å². The Morgan fingerprint density at radius 1 is 0.941 bits per heavy atom. The number of hydrogen-bond donors (Lipinski definition) is 5. The standard InChI is InChI=1S/C26H26N4O4/c1-18(31)24(26(33)30-34)29-25(32)23-12-10-20(11-13-23)5-4-19-6-8-21(9-7-19)15-28-17-22-3-2-14-27-16-22/h2-3,6-14,16,18,24,28,31,34H,15,17H2,1H3,(H,29,32)(H,30,33)/t18-,24+/m1/s1. The van der Waals surface area contributed by atoms with Crippen LogP contribution in [0, 0.1) is 11.8 Å². The molecule has 0 saturated carbocycles. The molecule has 2 amide bonds. The van der Waals surface area contributed by atoms with Crippen LogP contribution in [0.3, 0.4) is 0 Å². The van der Waals surface area contributed by atoms with E-state index in [-0.39, 0.29) is 0 Å². The van der Waals surface area contributed by atoms with Crippen molar-refractivity contribution in [1.29, 1.82) is 0 Å². The van der Waals surface area contributed by atoms with Crippen LogP contribution in [-0.4, -0.2) is 39.3 Å². The average molecular weight is 459 g/mol. The highest BCUT2D eigenvalue weighted by Crippen LogP contribution is 2.07. The van der Waals surface area contributed by atoms with Gasteiger partial charge in [-0.2, -0.15) is 0 Å². The first kappa shape index (κ1) is 24.6. The summed E-state index contributed by atoms with van der Waals surface area (Å²) in [6.07, 6.45) is 2.42. The van der Waals surface area contributed by atoms with E-state index in [9.17, 15) is 14.7 Å². The largest absolute Gasteiger partial charge is 0.391 e. The van der Waals surface area contributed by atoms with Gasteiger partial charge in [-0.1, -0.05) is 30.0 Å². The second-order valence-corrected chi connectivity index (χ2v) is 7.66. The van der Waals surface area contributed by atoms with Gasteiger partial charge in [-0.15, -0.1) is 0 Å². The predicted octanol–water partition coefficient (Wildman–Crippen LogP) is 1.76. The smallest absolute Gasteiger partial charge is 0.268 e. The summed E-state index contributed by atoms with van der Waals surface area (Å²) in [5, 5.41) is 24.1. The van der Waals surface area contributed by atoms with E-state index >= 15 is 0 Å². The highest BCUT2D eigenvalue weighted by molar-refractivity contribution is 5.97. The van der Waals surface area contributed by atoms with Crippen LogP contribution in [0.25, 0.3) is 0 Å². The Balaban J connectivity index is 1.54. The fourth-order valence-corrected chi connectivity index (χ4v) is 3.11. The highest BCUT2D eigenvalue weighted by Gasteiger charge is 2.25. The molecule has 8 nitrogen and oxygen atoms in total. The van der Waals surface area contributed by atoms with Crippen LogP contribution in [0.1, 0.15) is 39.5 Å². The molecule has 8 heteroatoms. The lowest BCUT2D eigenvalue weighted by Crippen LogP contribution is -2.51. The Morgan fingerprint density at radius 2 is 1.56 bits per heavy atom. The van der Waals surface area contributed by atoms with Crippen molar-refractivity contribution in [2.75, 3.05) is 0 Å². The van der Waals surface area contributed by atoms with Crippen LogP contribution in [0.4, 0.5) is 0 Å². The van der Waals surface area contributed by atoms with Gasteiger partial charge in [-0.25, -0.2) is 5.48 Å². The summed E-state index contributed by atoms with van der Waals surface area (Å²) in [7, 11) is 0. The summed E-state index contributed by atoms with van der Waals surface area (Å²) < 4.78 is 0. The van der Waals surface area contributed by atoms with E-state index in [4.69, 9.17) is 5.21 Å². The minimum absolute atomic E-state index is 0.296. The van der Waals surface area contributed by atoms with Crippen molar-refractivity contribution in [1.82, 2.24) is 21.1 Å². The normalized spacial score (nSPS) is 12.1. The molecule has 0 aliphatic rings. The lowest BCUT2D eigenvalue weighted by atomic mass is 10.1. The van der Waals surface area contributed by atoms with Gasteiger partial charge in [0.1, 0.15) is 6.04 Å². The number of aromatic nitrogens is 1. The molecule has 2 atom stereocenters. The molecule has 2 aromatic carbocycles. The number of nitrogens with zero attached hydrogens (tertiary/aromatic N) is 1. The zero-order valence-corrected chi connectivity index (χ0v) is 18.7. The van der Waals surface area contributed by atoms with E-state index < -0.39 is 24.0 Å². The van der Waals surface area contributed by atoms with E-state index in [1.54, 1.807) is 30.5 Å². The van der Waals surface area contributed by atoms with Gasteiger partial charge in [0.05, 0.1) is 6.10 Å². The molecule has 3 rings (SSSR count). The summed E-state index contributed by atoms with van der Waals surface area (Å²) in [5.74, 6) is 4.70. The zero-order chi connectivity index (χ0) is 24.3. The van der Waals surface area contributed by atoms with Gasteiger partial charge in [0.15, 0.2) is 0 Å². The van der Waals surface area contributed by atoms with E-state index in [1.807, 2.05) is 42.6 Å². The Bertz CT molecular complexity index is 1150. The van der Waals surface area contributed by atoms with E-state index in [0.29, 0.717) is 5.56 Å². The number of carbonyl (C=O) groups excluding carboxylic acids is 2. The monoisotopic (exact) mass is 458 g/mol. The van der Waals surface area contributed by atoms with Crippen molar-refractivity contribution in [2.45, 2.75) is 32.2 Å². The topological polar surface area (TPSA) is 124 Å². The van der Waals surface area contributed by atoms with E-state index in [2.05, 4.69) is 27.5 Å². The summed E-state index contributed by atoms with van der Waals surface area (Å²) in [6.45, 7) is 2.82. The molecule has 0 aliphatic carbocycles. The van der Waals surface area contributed by atoms with Crippen LogP contribution < -0.4 is 16.1 Å². The molecular weight excluding hydrogens is 432 g/mol. The van der Waals surface area contributed by atoms with Crippen molar-refractivity contribution < 1.29 is 19.9 Å². The Morgan fingerprint density at radius 3 is 2.12 bits per heavy atom. The van der Waals surface area contributed by atoms with Crippen molar-refractivity contribution in [3.8, 4) is 11.8 Å². The predicted molar refractivity (Wildman–Crippen MR) is 127 cm³/mol. The van der Waals surface area contributed by atoms with Gasteiger partial charge in [-0.05, 0) is 60.5 Å². The third-order valence-corrected chi connectivity index (χ3v) is 4.99. The van der Waals surface area contributed by atoms with Gasteiger partial charge in [0.2, 0.25) is 0 Å².